The van der Waals surface area contributed by atoms with Crippen LogP contribution in [-0.4, -0.2) is 85.8 Å². The Morgan fingerprint density at radius 3 is 2.30 bits per heavy atom. The van der Waals surface area contributed by atoms with Gasteiger partial charge in [-0.2, -0.15) is 8.42 Å². The second-order valence-electron chi connectivity index (χ2n) is 14.5. The van der Waals surface area contributed by atoms with E-state index in [-0.39, 0.29) is 41.9 Å². The number of hydrogen-bond donors (Lipinski definition) is 7. The zero-order valence-electron chi connectivity index (χ0n) is 24.6. The molecule has 4 aliphatic carbocycles. The Morgan fingerprint density at radius 2 is 1.70 bits per heavy atom. The molecule has 0 unspecified atom stereocenters. The molecule has 0 bridgehead atoms. The first-order valence-electron chi connectivity index (χ1n) is 15.1. The molecule has 0 aromatic carbocycles. The van der Waals surface area contributed by atoms with Gasteiger partial charge in [0.05, 0.1) is 42.2 Å². The maximum absolute atomic E-state index is 11.7. The van der Waals surface area contributed by atoms with Crippen molar-refractivity contribution in [2.75, 3.05) is 6.61 Å². The molecule has 0 aromatic rings. The molecule has 14 atom stereocenters. The molecule has 0 radical (unpaired) electrons. The average molecular weight is 593 g/mol. The maximum atomic E-state index is 11.7. The van der Waals surface area contributed by atoms with Crippen molar-refractivity contribution < 1.29 is 47.8 Å². The van der Waals surface area contributed by atoms with Gasteiger partial charge >= 0.3 is 10.4 Å². The molecule has 0 heterocycles. The predicted octanol–water partition coefficient (Wildman–Crippen LogP) is 2.05. The van der Waals surface area contributed by atoms with Crippen molar-refractivity contribution in [3.63, 3.8) is 0 Å². The van der Waals surface area contributed by atoms with E-state index in [1.54, 1.807) is 0 Å². The summed E-state index contributed by atoms with van der Waals surface area (Å²) in [5.41, 5.74) is -3.84. The van der Waals surface area contributed by atoms with Gasteiger partial charge in [-0.15, -0.1) is 0 Å². The second kappa shape index (κ2) is 11.0. The molecule has 0 saturated heterocycles. The Kier molecular flexibility index (Phi) is 8.92. The topological polar surface area (TPSA) is 185 Å². The number of fused-ring (bicyclic) bond motifs is 5. The molecule has 4 fully saturated rings. The molecule has 10 nitrogen and oxygen atoms in total. The van der Waals surface area contributed by atoms with Gasteiger partial charge < -0.3 is 30.6 Å². The Morgan fingerprint density at radius 1 is 1.05 bits per heavy atom. The van der Waals surface area contributed by atoms with Crippen LogP contribution in [0.3, 0.4) is 0 Å². The fraction of sp³-hybridized carbons (Fsp3) is 1.00. The Hall–Kier alpha value is -0.370. The minimum Gasteiger partial charge on any atom is -0.393 e. The first-order chi connectivity index (χ1) is 18.3. The lowest BCUT2D eigenvalue weighted by Gasteiger charge is -2.65. The highest BCUT2D eigenvalue weighted by atomic mass is 32.3. The molecule has 0 aliphatic heterocycles. The standard InChI is InChI=1S/C29H52O10S/c1-6-17(28(5,34)15-39-40(36,37)38)8-7-16(2)22-24(32)25(33)23-19-13-21(31)29(35)14-18(30)9-12-27(29,4)20(19)10-11-26(22,23)3/h16-25,30-35H,6-15H2,1-5H3,(H,36,37,38)/t16-,17-,18+,19-,20-,21-,22+,23+,24-,25-,26-,27-,28+,29+/m1/s1. The van der Waals surface area contributed by atoms with Crippen LogP contribution in [0.5, 0.6) is 0 Å². The summed E-state index contributed by atoms with van der Waals surface area (Å²) in [5.74, 6) is -0.807. The third-order valence-corrected chi connectivity index (χ3v) is 12.9. The first kappa shape index (κ1) is 32.5. The largest absolute Gasteiger partial charge is 0.397 e. The number of aliphatic hydroxyl groups is 6. The molecular formula is C29H52O10S. The molecule has 4 rings (SSSR count). The lowest BCUT2D eigenvalue weighted by molar-refractivity contribution is -0.268. The smallest absolute Gasteiger partial charge is 0.393 e. The van der Waals surface area contributed by atoms with Crippen LogP contribution in [-0.2, 0) is 14.6 Å². The molecule has 7 N–H and O–H groups in total. The summed E-state index contributed by atoms with van der Waals surface area (Å²) in [4.78, 5) is 0. The van der Waals surface area contributed by atoms with Gasteiger partial charge in [-0.3, -0.25) is 4.55 Å². The minimum atomic E-state index is -4.68. The van der Waals surface area contributed by atoms with Crippen LogP contribution in [0.1, 0.15) is 92.4 Å². The number of aliphatic hydroxyl groups excluding tert-OH is 4. The quantitative estimate of drug-likeness (QED) is 0.195. The fourth-order valence-electron chi connectivity index (χ4n) is 10.3. The summed E-state index contributed by atoms with van der Waals surface area (Å²) in [7, 11) is -4.68. The van der Waals surface area contributed by atoms with Gasteiger partial charge in [0.1, 0.15) is 0 Å². The van der Waals surface area contributed by atoms with Crippen molar-refractivity contribution in [2.45, 2.75) is 128 Å². The van der Waals surface area contributed by atoms with Crippen LogP contribution in [0.25, 0.3) is 0 Å². The summed E-state index contributed by atoms with van der Waals surface area (Å²) in [5, 5.41) is 67.2. The molecule has 40 heavy (non-hydrogen) atoms. The van der Waals surface area contributed by atoms with Gasteiger partial charge in [-0.05, 0) is 92.8 Å². The van der Waals surface area contributed by atoms with Gasteiger partial charge in [0, 0.05) is 11.8 Å². The van der Waals surface area contributed by atoms with Crippen molar-refractivity contribution in [3.8, 4) is 0 Å². The highest BCUT2D eigenvalue weighted by Crippen LogP contribution is 2.69. The van der Waals surface area contributed by atoms with Crippen LogP contribution in [0, 0.1) is 46.3 Å². The van der Waals surface area contributed by atoms with E-state index in [4.69, 9.17) is 4.55 Å². The average Bonchev–Trinajstić information content (AvgIpc) is 3.05. The van der Waals surface area contributed by atoms with E-state index in [9.17, 15) is 39.1 Å². The first-order valence-corrected chi connectivity index (χ1v) is 16.5. The number of hydrogen-bond acceptors (Lipinski definition) is 9. The second-order valence-corrected chi connectivity index (χ2v) is 15.6. The summed E-state index contributed by atoms with van der Waals surface area (Å²) in [6, 6.07) is 0. The summed E-state index contributed by atoms with van der Waals surface area (Å²) in [6.45, 7) is 9.05. The molecule has 0 aromatic heterocycles. The Balaban J connectivity index is 1.53. The maximum Gasteiger partial charge on any atom is 0.397 e. The predicted molar refractivity (Wildman–Crippen MR) is 147 cm³/mol. The fourth-order valence-corrected chi connectivity index (χ4v) is 10.7. The third kappa shape index (κ3) is 5.30. The molecule has 4 saturated carbocycles. The van der Waals surface area contributed by atoms with Crippen LogP contribution in [0.4, 0.5) is 0 Å². The van der Waals surface area contributed by atoms with Crippen molar-refractivity contribution in [3.05, 3.63) is 0 Å². The van der Waals surface area contributed by atoms with E-state index in [2.05, 4.69) is 18.0 Å². The van der Waals surface area contributed by atoms with Gasteiger partial charge in [0.15, 0.2) is 0 Å². The SMILES string of the molecule is CC[C@H](CC[C@@H](C)[C@H]1[C@@H](O)[C@H](O)[C@@H]2[C@@H]3C[C@@H](O)[C@@]4(O)C[C@@H](O)CC[C@]4(C)[C@@H]3CC[C@@]21C)[C@@](C)(O)COS(=O)(=O)O. The van der Waals surface area contributed by atoms with Crippen molar-refractivity contribution in [1.29, 1.82) is 0 Å². The highest BCUT2D eigenvalue weighted by molar-refractivity contribution is 7.80. The number of rotatable bonds is 9. The van der Waals surface area contributed by atoms with Crippen LogP contribution < -0.4 is 0 Å². The van der Waals surface area contributed by atoms with Crippen LogP contribution >= 0.6 is 0 Å². The van der Waals surface area contributed by atoms with Crippen LogP contribution in [0.2, 0.25) is 0 Å². The normalized spacial score (nSPS) is 48.4. The zero-order chi connectivity index (χ0) is 30.1. The van der Waals surface area contributed by atoms with Gasteiger partial charge in [-0.1, -0.05) is 34.1 Å². The van der Waals surface area contributed by atoms with Crippen molar-refractivity contribution in [1.82, 2.24) is 0 Å². The van der Waals surface area contributed by atoms with Crippen molar-refractivity contribution >= 4 is 10.4 Å². The Labute approximate surface area is 239 Å². The zero-order valence-corrected chi connectivity index (χ0v) is 25.4. The lowest BCUT2D eigenvalue weighted by Crippen LogP contribution is -2.69. The van der Waals surface area contributed by atoms with E-state index in [1.165, 1.54) is 6.92 Å². The summed E-state index contributed by atoms with van der Waals surface area (Å²) in [6.07, 6.45) is 1.36. The molecular weight excluding hydrogens is 540 g/mol. The minimum absolute atomic E-state index is 0.0191. The Bertz CT molecular complexity index is 1020. The molecule has 234 valence electrons. The van der Waals surface area contributed by atoms with E-state index in [1.807, 2.05) is 13.8 Å². The monoisotopic (exact) mass is 592 g/mol. The van der Waals surface area contributed by atoms with E-state index < -0.39 is 63.5 Å². The van der Waals surface area contributed by atoms with Crippen molar-refractivity contribution in [2.24, 2.45) is 46.3 Å². The molecule has 4 aliphatic rings. The van der Waals surface area contributed by atoms with E-state index >= 15 is 0 Å². The van der Waals surface area contributed by atoms with Crippen LogP contribution in [0.15, 0.2) is 0 Å². The van der Waals surface area contributed by atoms with Gasteiger partial charge in [0.25, 0.3) is 0 Å². The molecule has 0 amide bonds. The highest BCUT2D eigenvalue weighted by Gasteiger charge is 2.70. The van der Waals surface area contributed by atoms with Gasteiger partial charge in [0.2, 0.25) is 0 Å². The third-order valence-electron chi connectivity index (χ3n) is 12.4. The summed E-state index contributed by atoms with van der Waals surface area (Å²) < 4.78 is 35.5. The molecule has 0 spiro atoms. The molecule has 11 heteroatoms. The van der Waals surface area contributed by atoms with E-state index in [0.29, 0.717) is 38.5 Å². The summed E-state index contributed by atoms with van der Waals surface area (Å²) >= 11 is 0. The lowest BCUT2D eigenvalue weighted by atomic mass is 9.42. The van der Waals surface area contributed by atoms with E-state index in [0.717, 1.165) is 12.8 Å². The van der Waals surface area contributed by atoms with Gasteiger partial charge in [-0.25, -0.2) is 4.18 Å².